The van der Waals surface area contributed by atoms with E-state index in [1.165, 1.54) is 67.7 Å². The van der Waals surface area contributed by atoms with Crippen molar-refractivity contribution < 1.29 is 27.6 Å². The number of halogens is 1. The van der Waals surface area contributed by atoms with E-state index in [0.29, 0.717) is 23.3 Å². The van der Waals surface area contributed by atoms with Gasteiger partial charge in [-0.3, -0.25) is 10.6 Å². The third-order valence-electron chi connectivity index (χ3n) is 13.4. The molecule has 11 nitrogen and oxygen atoms in total. The van der Waals surface area contributed by atoms with Crippen LogP contribution in [0.5, 0.6) is 17.2 Å². The molecule has 5 aromatic rings. The molecule has 0 atom stereocenters. The number of benzene rings is 3. The van der Waals surface area contributed by atoms with Crippen molar-refractivity contribution in [1.82, 2.24) is 20.2 Å². The molecule has 2 aliphatic heterocycles. The largest absolute Gasteiger partial charge is 0.542 e. The average Bonchev–Trinajstić information content (AvgIpc) is 3.29. The van der Waals surface area contributed by atoms with Crippen LogP contribution in [0.25, 0.3) is 0 Å². The van der Waals surface area contributed by atoms with E-state index < -0.39 is 28.5 Å². The van der Waals surface area contributed by atoms with Crippen LogP contribution in [0.4, 0.5) is 25.6 Å². The third kappa shape index (κ3) is 17.5. The van der Waals surface area contributed by atoms with E-state index in [0.717, 1.165) is 44.0 Å². The van der Waals surface area contributed by atoms with Crippen LogP contribution in [0.2, 0.25) is 36.3 Å². The molecule has 366 valence electrons. The number of pyridine rings is 2. The predicted molar refractivity (Wildman–Crippen MR) is 279 cm³/mol. The molecule has 0 saturated carbocycles. The Kier molecular flexibility index (Phi) is 19.3. The molecule has 3 amide bonds. The zero-order valence-corrected chi connectivity index (χ0v) is 44.0. The lowest BCUT2D eigenvalue weighted by Crippen LogP contribution is -2.43. The number of likely N-dealkylation sites (tertiary alicyclic amines) is 1. The minimum Gasteiger partial charge on any atom is -0.542 e. The highest BCUT2D eigenvalue weighted by atomic mass is 28.4. The maximum Gasteiger partial charge on any atom is 0.418 e. The minimum atomic E-state index is -1.93. The van der Waals surface area contributed by atoms with Gasteiger partial charge in [-0.05, 0) is 159 Å². The van der Waals surface area contributed by atoms with Crippen molar-refractivity contribution in [2.75, 3.05) is 36.8 Å². The lowest BCUT2D eigenvalue weighted by molar-refractivity contribution is 0.182. The predicted octanol–water partition coefficient (Wildman–Crippen LogP) is 13.4. The smallest absolute Gasteiger partial charge is 0.418 e. The SMILES string of the molecule is CC(C)(C)[Si](C)(C)Oc1ccc(NC(=O)N2CCC(Cc3ccccc3)CC2)nc1.CC(C)(C)[Si](C)(C)Oc1ccc(NC(=O)Oc2ccc(F)cc2)nc1.c1ccc(CC2CCNCC2)cc1. The monoisotopic (exact) mass is 963 g/mol. The van der Waals surface area contributed by atoms with Gasteiger partial charge in [0.1, 0.15) is 34.7 Å². The maximum atomic E-state index is 12.8. The van der Waals surface area contributed by atoms with Gasteiger partial charge in [0.05, 0.1) is 12.4 Å². The van der Waals surface area contributed by atoms with Crippen molar-refractivity contribution in [2.24, 2.45) is 11.8 Å². The Morgan fingerprint density at radius 3 is 1.47 bits per heavy atom. The fourth-order valence-electron chi connectivity index (χ4n) is 7.17. The number of ether oxygens (including phenoxy) is 1. The van der Waals surface area contributed by atoms with Crippen molar-refractivity contribution in [3.8, 4) is 17.2 Å². The van der Waals surface area contributed by atoms with E-state index >= 15 is 0 Å². The molecular weight excluding hydrogens is 888 g/mol. The normalized spacial score (nSPS) is 14.8. The Morgan fingerprint density at radius 1 is 0.618 bits per heavy atom. The minimum absolute atomic E-state index is 0.0706. The van der Waals surface area contributed by atoms with Crippen LogP contribution in [0.1, 0.15) is 78.4 Å². The standard InChI is InChI=1S/C24H35N3O2Si.C18H23FN2O3Si.C12H17N/c1-24(2,3)30(4,5)29-21-11-12-22(25-18-21)26-23(28)27-15-13-20(14-16-27)17-19-9-7-6-8-10-19;1-18(2,3)25(4,5)24-15-10-11-16(20-12-15)21-17(22)23-14-8-6-13(19)7-9-14;1-2-4-11(5-3-1)10-12-6-8-13-9-7-12/h6-12,18,20H,13-17H2,1-5H3,(H,25,26,28);6-12H,1-5H3,(H,20,21,22);1-5,12-13H,6-10H2. The summed E-state index contributed by atoms with van der Waals surface area (Å²) in [5, 5.41) is 9.06. The second-order valence-electron chi connectivity index (χ2n) is 20.9. The summed E-state index contributed by atoms with van der Waals surface area (Å²) in [5.41, 5.74) is 2.87. The first kappa shape index (κ1) is 53.4. The van der Waals surface area contributed by atoms with Gasteiger partial charge in [0.25, 0.3) is 16.6 Å². The Bertz CT molecular complexity index is 2280. The van der Waals surface area contributed by atoms with E-state index in [-0.39, 0.29) is 21.9 Å². The maximum absolute atomic E-state index is 12.8. The van der Waals surface area contributed by atoms with Crippen LogP contribution in [-0.4, -0.2) is 69.8 Å². The molecule has 7 rings (SSSR count). The van der Waals surface area contributed by atoms with E-state index in [2.05, 4.69) is 154 Å². The number of piperidine rings is 2. The molecule has 0 radical (unpaired) electrons. The fourth-order valence-corrected chi connectivity index (χ4v) is 9.21. The molecule has 2 aromatic heterocycles. The second kappa shape index (κ2) is 24.6. The van der Waals surface area contributed by atoms with Crippen LogP contribution in [0.3, 0.4) is 0 Å². The number of aromatic nitrogens is 2. The number of carbonyl (C=O) groups is 2. The molecule has 3 N–H and O–H groups in total. The van der Waals surface area contributed by atoms with Gasteiger partial charge in [-0.1, -0.05) is 102 Å². The summed E-state index contributed by atoms with van der Waals surface area (Å²) in [5.74, 6) is 3.74. The summed E-state index contributed by atoms with van der Waals surface area (Å²) in [7, 11) is -3.83. The molecule has 0 bridgehead atoms. The van der Waals surface area contributed by atoms with Crippen LogP contribution >= 0.6 is 0 Å². The molecular formula is C54H75FN6O5Si2. The number of amides is 3. The number of urea groups is 1. The average molecular weight is 963 g/mol. The van der Waals surface area contributed by atoms with E-state index in [1.807, 2.05) is 17.0 Å². The van der Waals surface area contributed by atoms with Crippen molar-refractivity contribution in [3.63, 3.8) is 0 Å². The fraction of sp³-hybridized carbons (Fsp3) is 0.444. The zero-order valence-electron chi connectivity index (χ0n) is 42.0. The van der Waals surface area contributed by atoms with Gasteiger partial charge < -0.3 is 23.8 Å². The van der Waals surface area contributed by atoms with Crippen molar-refractivity contribution in [1.29, 1.82) is 0 Å². The van der Waals surface area contributed by atoms with Crippen molar-refractivity contribution in [3.05, 3.63) is 139 Å². The van der Waals surface area contributed by atoms with Crippen LogP contribution < -0.4 is 29.5 Å². The lowest BCUT2D eigenvalue weighted by atomic mass is 9.90. The number of anilines is 2. The van der Waals surface area contributed by atoms with Crippen molar-refractivity contribution in [2.45, 2.75) is 116 Å². The highest BCUT2D eigenvalue weighted by molar-refractivity contribution is 6.75. The second-order valence-corrected chi connectivity index (χ2v) is 30.3. The number of rotatable bonds is 11. The molecule has 0 unspecified atom stereocenters. The number of hydrogen-bond acceptors (Lipinski definition) is 8. The topological polar surface area (TPSA) is 127 Å². The van der Waals surface area contributed by atoms with Crippen LogP contribution in [-0.2, 0) is 12.8 Å². The molecule has 68 heavy (non-hydrogen) atoms. The first-order valence-electron chi connectivity index (χ1n) is 24.0. The molecule has 2 saturated heterocycles. The van der Waals surface area contributed by atoms with Crippen LogP contribution in [0, 0.1) is 17.7 Å². The first-order chi connectivity index (χ1) is 32.2. The van der Waals surface area contributed by atoms with Crippen molar-refractivity contribution >= 4 is 40.4 Å². The van der Waals surface area contributed by atoms with Gasteiger partial charge in [-0.15, -0.1) is 0 Å². The van der Waals surface area contributed by atoms with Gasteiger partial charge in [0.15, 0.2) is 0 Å². The summed E-state index contributed by atoms with van der Waals surface area (Å²) in [6.45, 7) is 25.8. The number of nitrogens with one attached hydrogen (secondary N) is 3. The Balaban J connectivity index is 0.000000204. The highest BCUT2D eigenvalue weighted by Gasteiger charge is 2.40. The number of carbonyl (C=O) groups excluding carboxylic acids is 2. The number of nitrogens with zero attached hydrogens (tertiary/aromatic N) is 3. The third-order valence-corrected chi connectivity index (χ3v) is 22.1. The Labute approximate surface area is 407 Å². The molecule has 0 aliphatic carbocycles. The van der Waals surface area contributed by atoms with E-state index in [4.69, 9.17) is 13.6 Å². The Morgan fingerprint density at radius 2 is 1.04 bits per heavy atom. The summed E-state index contributed by atoms with van der Waals surface area (Å²) in [4.78, 5) is 34.9. The zero-order chi connectivity index (χ0) is 49.4. The van der Waals surface area contributed by atoms with Crippen LogP contribution in [0.15, 0.2) is 122 Å². The molecule has 14 heteroatoms. The van der Waals surface area contributed by atoms with E-state index in [9.17, 15) is 14.0 Å². The summed E-state index contributed by atoms with van der Waals surface area (Å²) in [6, 6.07) is 33.7. The highest BCUT2D eigenvalue weighted by Crippen LogP contribution is 2.38. The van der Waals surface area contributed by atoms with Gasteiger partial charge in [0, 0.05) is 13.1 Å². The Hall–Kier alpha value is -5.58. The molecule has 3 aromatic carbocycles. The van der Waals surface area contributed by atoms with Gasteiger partial charge in [0.2, 0.25) is 0 Å². The summed E-state index contributed by atoms with van der Waals surface area (Å²) >= 11 is 0. The quantitative estimate of drug-likeness (QED) is 0.112. The van der Waals surface area contributed by atoms with Gasteiger partial charge in [-0.2, -0.15) is 0 Å². The molecule has 2 fully saturated rings. The summed E-state index contributed by atoms with van der Waals surface area (Å²) < 4.78 is 30.3. The van der Waals surface area contributed by atoms with Gasteiger partial charge >= 0.3 is 12.1 Å². The van der Waals surface area contributed by atoms with E-state index in [1.54, 1.807) is 24.5 Å². The number of hydrogen-bond donors (Lipinski definition) is 3. The molecule has 2 aliphatic rings. The molecule has 0 spiro atoms. The lowest BCUT2D eigenvalue weighted by Gasteiger charge is -2.36. The summed E-state index contributed by atoms with van der Waals surface area (Å²) in [6.07, 6.45) is 9.71. The first-order valence-corrected chi connectivity index (χ1v) is 29.9. The molecule has 4 heterocycles. The van der Waals surface area contributed by atoms with Gasteiger partial charge in [-0.25, -0.2) is 23.9 Å².